The molecule has 0 aliphatic carbocycles. The molecule has 1 fully saturated rings. The van der Waals surface area contributed by atoms with Crippen LogP contribution in [0.5, 0.6) is 0 Å². The number of sulfonamides is 1. The molecule has 1 heterocycles. The van der Waals surface area contributed by atoms with Crippen molar-refractivity contribution in [3.8, 4) is 0 Å². The zero-order valence-electron chi connectivity index (χ0n) is 13.1. The van der Waals surface area contributed by atoms with Crippen LogP contribution in [0.3, 0.4) is 0 Å². The molecule has 1 N–H and O–H groups in total. The van der Waals surface area contributed by atoms with Crippen LogP contribution < -0.4 is 0 Å². The van der Waals surface area contributed by atoms with Gasteiger partial charge in [0.05, 0.1) is 17.0 Å². The van der Waals surface area contributed by atoms with E-state index in [0.29, 0.717) is 13.0 Å². The highest BCUT2D eigenvalue weighted by atomic mass is 32.2. The Hall–Kier alpha value is -1.69. The maximum atomic E-state index is 12.9. The lowest BCUT2D eigenvalue weighted by atomic mass is 10.0. The number of benzene rings is 2. The number of aliphatic hydroxyl groups is 1. The van der Waals surface area contributed by atoms with Gasteiger partial charge in [-0.25, -0.2) is 8.42 Å². The SMILES string of the molecule is Cc1ccc(S(=O)(=O)N2CCC[C@H]2[C@H](O)c2ccccc2)cc1. The van der Waals surface area contributed by atoms with Crippen molar-refractivity contribution in [2.75, 3.05) is 6.54 Å². The summed E-state index contributed by atoms with van der Waals surface area (Å²) >= 11 is 0. The molecule has 2 aromatic carbocycles. The van der Waals surface area contributed by atoms with E-state index in [1.165, 1.54) is 4.31 Å². The zero-order valence-corrected chi connectivity index (χ0v) is 13.9. The third kappa shape index (κ3) is 3.17. The molecule has 0 unspecified atom stereocenters. The van der Waals surface area contributed by atoms with Crippen LogP contribution in [-0.4, -0.2) is 30.4 Å². The third-order valence-electron chi connectivity index (χ3n) is 4.38. The van der Waals surface area contributed by atoms with Crippen LogP contribution in [-0.2, 0) is 10.0 Å². The predicted molar refractivity (Wildman–Crippen MR) is 89.5 cm³/mol. The second-order valence-corrected chi connectivity index (χ2v) is 7.88. The predicted octanol–water partition coefficient (Wildman–Crippen LogP) is 2.88. The van der Waals surface area contributed by atoms with Gasteiger partial charge in [-0.15, -0.1) is 0 Å². The summed E-state index contributed by atoms with van der Waals surface area (Å²) in [6.07, 6.45) is 0.625. The van der Waals surface area contributed by atoms with Gasteiger partial charge in [0, 0.05) is 6.54 Å². The van der Waals surface area contributed by atoms with Crippen LogP contribution >= 0.6 is 0 Å². The van der Waals surface area contributed by atoms with Crippen molar-refractivity contribution in [3.63, 3.8) is 0 Å². The summed E-state index contributed by atoms with van der Waals surface area (Å²) in [5, 5.41) is 10.6. The van der Waals surface area contributed by atoms with Crippen molar-refractivity contribution in [1.29, 1.82) is 0 Å². The van der Waals surface area contributed by atoms with Gasteiger partial charge in [-0.2, -0.15) is 4.31 Å². The maximum absolute atomic E-state index is 12.9. The average molecular weight is 331 g/mol. The van der Waals surface area contributed by atoms with Crippen molar-refractivity contribution < 1.29 is 13.5 Å². The summed E-state index contributed by atoms with van der Waals surface area (Å²) in [5.74, 6) is 0. The molecule has 0 aromatic heterocycles. The molecule has 122 valence electrons. The molecular weight excluding hydrogens is 310 g/mol. The standard InChI is InChI=1S/C18H21NO3S/c1-14-9-11-16(12-10-14)23(21,22)19-13-5-8-17(19)18(20)15-6-3-2-4-7-15/h2-4,6-7,9-12,17-18,20H,5,8,13H2,1H3/t17-,18+/m0/s1. The van der Waals surface area contributed by atoms with Gasteiger partial charge >= 0.3 is 0 Å². The Kier molecular flexibility index (Phi) is 4.53. The molecule has 3 rings (SSSR count). The first-order chi connectivity index (χ1) is 11.0. The normalized spacial score (nSPS) is 20.5. The molecule has 4 nitrogen and oxygen atoms in total. The van der Waals surface area contributed by atoms with Crippen molar-refractivity contribution in [3.05, 3.63) is 65.7 Å². The minimum Gasteiger partial charge on any atom is -0.387 e. The number of aliphatic hydroxyl groups excluding tert-OH is 1. The van der Waals surface area contributed by atoms with Crippen LogP contribution in [0.25, 0.3) is 0 Å². The van der Waals surface area contributed by atoms with E-state index in [-0.39, 0.29) is 4.90 Å². The van der Waals surface area contributed by atoms with E-state index in [0.717, 1.165) is 17.5 Å². The van der Waals surface area contributed by atoms with E-state index >= 15 is 0 Å². The summed E-state index contributed by atoms with van der Waals surface area (Å²) < 4.78 is 27.3. The van der Waals surface area contributed by atoms with Gasteiger partial charge < -0.3 is 5.11 Å². The second kappa shape index (κ2) is 6.43. The van der Waals surface area contributed by atoms with E-state index < -0.39 is 22.2 Å². The molecule has 5 heteroatoms. The molecule has 0 spiro atoms. The van der Waals surface area contributed by atoms with Crippen molar-refractivity contribution in [1.82, 2.24) is 4.31 Å². The fraction of sp³-hybridized carbons (Fsp3) is 0.333. The Balaban J connectivity index is 1.90. The summed E-state index contributed by atoms with van der Waals surface area (Å²) in [5.41, 5.74) is 1.77. The highest BCUT2D eigenvalue weighted by molar-refractivity contribution is 7.89. The molecular formula is C18H21NO3S. The first kappa shape index (κ1) is 16.2. The fourth-order valence-electron chi connectivity index (χ4n) is 3.10. The molecule has 1 aliphatic rings. The Morgan fingerprint density at radius 2 is 1.74 bits per heavy atom. The minimum absolute atomic E-state index is 0.287. The van der Waals surface area contributed by atoms with E-state index in [9.17, 15) is 13.5 Å². The number of hydrogen-bond donors (Lipinski definition) is 1. The van der Waals surface area contributed by atoms with E-state index in [2.05, 4.69) is 0 Å². The Bertz CT molecular complexity index is 757. The molecule has 0 saturated carbocycles. The average Bonchev–Trinajstić information content (AvgIpc) is 3.06. The smallest absolute Gasteiger partial charge is 0.243 e. The summed E-state index contributed by atoms with van der Waals surface area (Å²) in [6.45, 7) is 2.37. The first-order valence-corrected chi connectivity index (χ1v) is 9.26. The minimum atomic E-state index is -3.58. The molecule has 0 radical (unpaired) electrons. The molecule has 1 aliphatic heterocycles. The zero-order chi connectivity index (χ0) is 16.4. The molecule has 1 saturated heterocycles. The van der Waals surface area contributed by atoms with Crippen LogP contribution in [0.4, 0.5) is 0 Å². The maximum Gasteiger partial charge on any atom is 0.243 e. The van der Waals surface area contributed by atoms with Crippen LogP contribution in [0.2, 0.25) is 0 Å². The number of nitrogens with zero attached hydrogens (tertiary/aromatic N) is 1. The number of aryl methyl sites for hydroxylation is 1. The topological polar surface area (TPSA) is 57.6 Å². The third-order valence-corrected chi connectivity index (χ3v) is 6.32. The Labute approximate surface area is 137 Å². The number of rotatable bonds is 4. The number of hydrogen-bond acceptors (Lipinski definition) is 3. The van der Waals surface area contributed by atoms with Gasteiger partial charge in [-0.1, -0.05) is 48.0 Å². The molecule has 2 aromatic rings. The van der Waals surface area contributed by atoms with Crippen molar-refractivity contribution in [2.24, 2.45) is 0 Å². The highest BCUT2D eigenvalue weighted by Gasteiger charge is 2.39. The lowest BCUT2D eigenvalue weighted by molar-refractivity contribution is 0.107. The van der Waals surface area contributed by atoms with Gasteiger partial charge in [0.1, 0.15) is 0 Å². The molecule has 0 amide bonds. The highest BCUT2D eigenvalue weighted by Crippen LogP contribution is 2.33. The lowest BCUT2D eigenvalue weighted by Crippen LogP contribution is -2.39. The summed E-state index contributed by atoms with van der Waals surface area (Å²) in [6, 6.07) is 15.7. The van der Waals surface area contributed by atoms with Gasteiger partial charge in [-0.3, -0.25) is 0 Å². The first-order valence-electron chi connectivity index (χ1n) is 7.81. The van der Waals surface area contributed by atoms with Gasteiger partial charge in [-0.05, 0) is 37.5 Å². The van der Waals surface area contributed by atoms with E-state index in [4.69, 9.17) is 0 Å². The van der Waals surface area contributed by atoms with Gasteiger partial charge in [0.2, 0.25) is 10.0 Å². The lowest BCUT2D eigenvalue weighted by Gasteiger charge is -2.28. The molecule has 23 heavy (non-hydrogen) atoms. The molecule has 2 atom stereocenters. The van der Waals surface area contributed by atoms with Crippen molar-refractivity contribution in [2.45, 2.75) is 36.8 Å². The summed E-state index contributed by atoms with van der Waals surface area (Å²) in [4.78, 5) is 0.287. The summed E-state index contributed by atoms with van der Waals surface area (Å²) in [7, 11) is -3.58. The van der Waals surface area contributed by atoms with Gasteiger partial charge in [0.25, 0.3) is 0 Å². The van der Waals surface area contributed by atoms with Crippen molar-refractivity contribution >= 4 is 10.0 Å². The molecule has 0 bridgehead atoms. The fourth-order valence-corrected chi connectivity index (χ4v) is 4.80. The van der Waals surface area contributed by atoms with Crippen LogP contribution in [0.1, 0.15) is 30.1 Å². The van der Waals surface area contributed by atoms with Gasteiger partial charge in [0.15, 0.2) is 0 Å². The quantitative estimate of drug-likeness (QED) is 0.937. The second-order valence-electron chi connectivity index (χ2n) is 5.99. The van der Waals surface area contributed by atoms with Crippen LogP contribution in [0.15, 0.2) is 59.5 Å². The monoisotopic (exact) mass is 331 g/mol. The van der Waals surface area contributed by atoms with Crippen LogP contribution in [0, 0.1) is 6.92 Å². The Morgan fingerprint density at radius 1 is 1.09 bits per heavy atom. The Morgan fingerprint density at radius 3 is 2.39 bits per heavy atom. The largest absolute Gasteiger partial charge is 0.387 e. The van der Waals surface area contributed by atoms with E-state index in [1.807, 2.05) is 37.3 Å². The van der Waals surface area contributed by atoms with E-state index in [1.54, 1.807) is 24.3 Å².